The molecule has 0 N–H and O–H groups in total. The van der Waals surface area contributed by atoms with E-state index in [1.165, 1.54) is 24.1 Å². The van der Waals surface area contributed by atoms with E-state index in [9.17, 15) is 14.0 Å². The quantitative estimate of drug-likeness (QED) is 0.592. The topological polar surface area (TPSA) is 61.2 Å². The van der Waals surface area contributed by atoms with E-state index in [4.69, 9.17) is 0 Å². The molecule has 6 heteroatoms. The number of hydrogen-bond donors (Lipinski definition) is 0. The van der Waals surface area contributed by atoms with Crippen LogP contribution in [0.2, 0.25) is 0 Å². The number of fused-ring (bicyclic) bond motifs is 1. The highest BCUT2D eigenvalue weighted by atomic mass is 19.1. The molecule has 0 unspecified atom stereocenters. The Morgan fingerprint density at radius 1 is 1.59 bits per heavy atom. The number of benzene rings is 1. The van der Waals surface area contributed by atoms with Gasteiger partial charge in [-0.2, -0.15) is 5.10 Å². The zero-order valence-corrected chi connectivity index (χ0v) is 9.01. The van der Waals surface area contributed by atoms with Crippen molar-refractivity contribution in [1.29, 1.82) is 0 Å². The number of esters is 1. The third kappa shape index (κ3) is 1.89. The van der Waals surface area contributed by atoms with E-state index in [0.29, 0.717) is 17.2 Å². The molecule has 0 spiro atoms. The normalized spacial score (nSPS) is 10.5. The maximum Gasteiger partial charge on any atom is 0.340 e. The molecule has 0 bridgehead atoms. The van der Waals surface area contributed by atoms with E-state index in [1.54, 1.807) is 0 Å². The molecular weight excluding hydrogens is 227 g/mol. The second-order valence-corrected chi connectivity index (χ2v) is 3.38. The van der Waals surface area contributed by atoms with Crippen molar-refractivity contribution in [3.05, 3.63) is 29.7 Å². The average molecular weight is 236 g/mol. The fourth-order valence-electron chi connectivity index (χ4n) is 1.67. The summed E-state index contributed by atoms with van der Waals surface area (Å²) in [6, 6.07) is 2.31. The summed E-state index contributed by atoms with van der Waals surface area (Å²) < 4.78 is 19.2. The van der Waals surface area contributed by atoms with Crippen LogP contribution in [0.25, 0.3) is 10.9 Å². The smallest absolute Gasteiger partial charge is 0.340 e. The number of aldehydes is 1. The van der Waals surface area contributed by atoms with Crippen LogP contribution in [0.3, 0.4) is 0 Å². The molecule has 17 heavy (non-hydrogen) atoms. The molecule has 0 radical (unpaired) electrons. The van der Waals surface area contributed by atoms with Crippen LogP contribution in [-0.2, 0) is 16.1 Å². The Labute approximate surface area is 95.8 Å². The maximum absolute atomic E-state index is 13.3. The molecule has 0 aliphatic rings. The van der Waals surface area contributed by atoms with Crippen LogP contribution in [0.4, 0.5) is 4.39 Å². The lowest BCUT2D eigenvalue weighted by Crippen LogP contribution is -2.08. The predicted octanol–water partition coefficient (Wildman–Crippen LogP) is 1.16. The van der Waals surface area contributed by atoms with Gasteiger partial charge in [-0.1, -0.05) is 0 Å². The van der Waals surface area contributed by atoms with Gasteiger partial charge in [0.15, 0.2) is 0 Å². The van der Waals surface area contributed by atoms with Crippen LogP contribution in [0.5, 0.6) is 0 Å². The Morgan fingerprint density at radius 2 is 2.35 bits per heavy atom. The van der Waals surface area contributed by atoms with Crippen molar-refractivity contribution in [2.24, 2.45) is 0 Å². The van der Waals surface area contributed by atoms with Gasteiger partial charge in [0, 0.05) is 5.39 Å². The SMILES string of the molecule is COC(=O)c1cc(F)cc2cnn(CC=O)c12. The molecule has 1 aromatic carbocycles. The first kappa shape index (κ1) is 11.3. The molecule has 0 saturated heterocycles. The summed E-state index contributed by atoms with van der Waals surface area (Å²) in [7, 11) is 1.21. The van der Waals surface area contributed by atoms with Crippen molar-refractivity contribution < 1.29 is 18.7 Å². The molecule has 88 valence electrons. The van der Waals surface area contributed by atoms with Gasteiger partial charge in [-0.05, 0) is 12.1 Å². The van der Waals surface area contributed by atoms with Gasteiger partial charge in [0.25, 0.3) is 0 Å². The summed E-state index contributed by atoms with van der Waals surface area (Å²) >= 11 is 0. The number of carbonyl (C=O) groups is 2. The summed E-state index contributed by atoms with van der Waals surface area (Å²) in [6.45, 7) is -0.000866. The first-order valence-corrected chi connectivity index (χ1v) is 4.84. The van der Waals surface area contributed by atoms with Crippen molar-refractivity contribution in [2.75, 3.05) is 7.11 Å². The molecule has 0 aliphatic heterocycles. The molecule has 0 aliphatic carbocycles. The minimum absolute atomic E-state index is 0.000866. The minimum atomic E-state index is -0.665. The molecule has 1 aromatic heterocycles. The van der Waals surface area contributed by atoms with Gasteiger partial charge in [0.05, 0.1) is 30.9 Å². The number of ether oxygens (including phenoxy) is 1. The first-order valence-electron chi connectivity index (χ1n) is 4.84. The lowest BCUT2D eigenvalue weighted by Gasteiger charge is -2.04. The zero-order valence-electron chi connectivity index (χ0n) is 9.01. The number of halogens is 1. The maximum atomic E-state index is 13.3. The Bertz CT molecular complexity index is 592. The number of nitrogens with zero attached hydrogens (tertiary/aromatic N) is 2. The average Bonchev–Trinajstić information content (AvgIpc) is 2.71. The molecule has 2 aromatic rings. The molecule has 0 saturated carbocycles. The molecule has 1 heterocycles. The van der Waals surface area contributed by atoms with Gasteiger partial charge in [-0.25, -0.2) is 9.18 Å². The Balaban J connectivity index is 2.73. The molecule has 0 atom stereocenters. The largest absolute Gasteiger partial charge is 0.465 e. The van der Waals surface area contributed by atoms with E-state index in [2.05, 4.69) is 9.84 Å². The first-order chi connectivity index (χ1) is 8.17. The predicted molar refractivity (Wildman–Crippen MR) is 57.1 cm³/mol. The van der Waals surface area contributed by atoms with Crippen molar-refractivity contribution in [3.8, 4) is 0 Å². The van der Waals surface area contributed by atoms with E-state index in [-0.39, 0.29) is 12.1 Å². The Morgan fingerprint density at radius 3 is 3.00 bits per heavy atom. The van der Waals surface area contributed by atoms with Crippen LogP contribution < -0.4 is 0 Å². The third-order valence-electron chi connectivity index (χ3n) is 2.35. The van der Waals surface area contributed by atoms with Gasteiger partial charge in [-0.15, -0.1) is 0 Å². The molecule has 2 rings (SSSR count). The van der Waals surface area contributed by atoms with Crippen molar-refractivity contribution in [3.63, 3.8) is 0 Å². The highest BCUT2D eigenvalue weighted by molar-refractivity contribution is 6.03. The highest BCUT2D eigenvalue weighted by Crippen LogP contribution is 2.21. The number of aromatic nitrogens is 2. The van der Waals surface area contributed by atoms with Gasteiger partial charge >= 0.3 is 5.97 Å². The summed E-state index contributed by atoms with van der Waals surface area (Å²) in [5.74, 6) is -1.22. The van der Waals surface area contributed by atoms with Gasteiger partial charge in [0.2, 0.25) is 0 Å². The highest BCUT2D eigenvalue weighted by Gasteiger charge is 2.16. The summed E-state index contributed by atoms with van der Waals surface area (Å²) in [6.07, 6.45) is 2.05. The summed E-state index contributed by atoms with van der Waals surface area (Å²) in [4.78, 5) is 22.0. The monoisotopic (exact) mass is 236 g/mol. The van der Waals surface area contributed by atoms with Gasteiger partial charge < -0.3 is 9.53 Å². The lowest BCUT2D eigenvalue weighted by molar-refractivity contribution is -0.108. The second-order valence-electron chi connectivity index (χ2n) is 3.38. The molecule has 5 nitrogen and oxygen atoms in total. The third-order valence-corrected chi connectivity index (χ3v) is 2.35. The van der Waals surface area contributed by atoms with E-state index < -0.39 is 11.8 Å². The standard InChI is InChI=1S/C11H9FN2O3/c1-17-11(16)9-5-8(12)4-7-6-13-14(2-3-15)10(7)9/h3-6H,2H2,1H3. The number of rotatable bonds is 3. The van der Waals surface area contributed by atoms with Crippen LogP contribution in [0.1, 0.15) is 10.4 Å². The lowest BCUT2D eigenvalue weighted by atomic mass is 10.1. The van der Waals surface area contributed by atoms with E-state index >= 15 is 0 Å². The number of hydrogen-bond acceptors (Lipinski definition) is 4. The zero-order chi connectivity index (χ0) is 12.4. The summed E-state index contributed by atoms with van der Waals surface area (Å²) in [5.41, 5.74) is 0.451. The van der Waals surface area contributed by atoms with Crippen LogP contribution in [0, 0.1) is 5.82 Å². The number of methoxy groups -OCH3 is 1. The molecular formula is C11H9FN2O3. The van der Waals surface area contributed by atoms with Crippen LogP contribution in [-0.4, -0.2) is 29.1 Å². The van der Waals surface area contributed by atoms with E-state index in [1.807, 2.05) is 0 Å². The van der Waals surface area contributed by atoms with Crippen LogP contribution in [0.15, 0.2) is 18.3 Å². The van der Waals surface area contributed by atoms with Crippen molar-refractivity contribution in [1.82, 2.24) is 9.78 Å². The molecule has 0 amide bonds. The second kappa shape index (κ2) is 4.32. The fourth-order valence-corrected chi connectivity index (χ4v) is 1.67. The van der Waals surface area contributed by atoms with E-state index in [0.717, 1.165) is 6.07 Å². The van der Waals surface area contributed by atoms with Crippen LogP contribution >= 0.6 is 0 Å². The van der Waals surface area contributed by atoms with Gasteiger partial charge in [-0.3, -0.25) is 4.68 Å². The molecule has 0 fully saturated rings. The van der Waals surface area contributed by atoms with Crippen molar-refractivity contribution in [2.45, 2.75) is 6.54 Å². The minimum Gasteiger partial charge on any atom is -0.465 e. The summed E-state index contributed by atoms with van der Waals surface area (Å²) in [5, 5.41) is 4.37. The Kier molecular flexibility index (Phi) is 2.86. The Hall–Kier alpha value is -2.24. The van der Waals surface area contributed by atoms with Crippen molar-refractivity contribution >= 4 is 23.2 Å². The van der Waals surface area contributed by atoms with Gasteiger partial charge in [0.1, 0.15) is 12.1 Å². The fraction of sp³-hybridized carbons (Fsp3) is 0.182. The number of carbonyl (C=O) groups excluding carboxylic acids is 2.